The molecule has 6 heteroatoms. The molecule has 0 aromatic heterocycles. The molecule has 0 unspecified atom stereocenters. The zero-order chi connectivity index (χ0) is 79.4. The Balaban J connectivity index is 2.05. The van der Waals surface area contributed by atoms with Gasteiger partial charge in [0.1, 0.15) is 0 Å². The number of anilines is 6. The maximum Gasteiger partial charge on any atom is 0.0943 e. The molecule has 0 saturated carbocycles. The Morgan fingerprint density at radius 3 is 0.529 bits per heavy atom. The molecule has 0 aliphatic carbocycles. The number of nitrogens with zero attached hydrogens (tertiary/aromatic N) is 2. The molecule has 0 N–H and O–H groups in total. The predicted molar refractivity (Wildman–Crippen MR) is 486 cm³/mol. The molecule has 7 rings (SSSR count). The Kier molecular flexibility index (Phi) is 25.4. The zero-order valence-electron chi connectivity index (χ0n) is 75.2. The molecule has 7 aromatic carbocycles. The minimum atomic E-state index is -2.37. The molecule has 0 heterocycles. The zero-order valence-corrected chi connectivity index (χ0v) is 79.2. The molecule has 7 aromatic rings. The van der Waals surface area contributed by atoms with E-state index in [1.165, 1.54) is 89.0 Å². The predicted octanol–water partition coefficient (Wildman–Crippen LogP) is 30.3. The van der Waals surface area contributed by atoms with Crippen molar-refractivity contribution < 1.29 is 0 Å². The number of hydrogen-bond donors (Lipinski definition) is 0. The fraction of sp³-hybridized carbons (Fsp3) is 0.612. The molecule has 0 radical (unpaired) electrons. The van der Waals surface area contributed by atoms with Gasteiger partial charge >= 0.3 is 0 Å². The molecule has 0 bridgehead atoms. The first-order valence-electron chi connectivity index (χ1n) is 41.6. The van der Waals surface area contributed by atoms with Crippen LogP contribution >= 0.6 is 0 Å². The second-order valence-electron chi connectivity index (χ2n) is 43.1. The Morgan fingerprint density at radius 2 is 0.365 bits per heavy atom. The van der Waals surface area contributed by atoms with Gasteiger partial charge in [0.2, 0.25) is 0 Å². The van der Waals surface area contributed by atoms with Gasteiger partial charge in [-0.2, -0.15) is 0 Å². The average Bonchev–Trinajstić information content (AvgIpc) is 0.709. The summed E-state index contributed by atoms with van der Waals surface area (Å²) in [4.78, 5) is 5.80. The van der Waals surface area contributed by atoms with Crippen LogP contribution in [0.1, 0.15) is 324 Å². The fourth-order valence-electron chi connectivity index (χ4n) is 22.1. The van der Waals surface area contributed by atoms with E-state index in [2.05, 4.69) is 410 Å². The summed E-state index contributed by atoms with van der Waals surface area (Å²) in [6.07, 6.45) is 0. The molecule has 104 heavy (non-hydrogen) atoms. The van der Waals surface area contributed by atoms with Crippen molar-refractivity contribution in [2.45, 2.75) is 390 Å². The van der Waals surface area contributed by atoms with Crippen LogP contribution in [0.2, 0.25) is 66.5 Å². The van der Waals surface area contributed by atoms with Crippen LogP contribution in [0, 0.1) is 0 Å². The molecular weight excluding hydrogens is 1320 g/mol. The summed E-state index contributed by atoms with van der Waals surface area (Å²) in [6.45, 7) is 106. The number of hydrogen-bond acceptors (Lipinski definition) is 2. The average molecular weight is 1470 g/mol. The van der Waals surface area contributed by atoms with E-state index in [9.17, 15) is 0 Å². The van der Waals surface area contributed by atoms with Crippen molar-refractivity contribution in [3.05, 3.63) is 143 Å². The van der Waals surface area contributed by atoms with Crippen molar-refractivity contribution in [3.8, 4) is 0 Å². The maximum atomic E-state index is 2.90. The smallest absolute Gasteiger partial charge is 0.0943 e. The minimum absolute atomic E-state index is 0.141. The van der Waals surface area contributed by atoms with Crippen LogP contribution < -0.4 is 30.5 Å². The van der Waals surface area contributed by atoms with E-state index in [0.717, 1.165) is 0 Å². The van der Waals surface area contributed by atoms with E-state index in [4.69, 9.17) is 0 Å². The van der Waals surface area contributed by atoms with E-state index < -0.39 is 32.3 Å². The second kappa shape index (κ2) is 30.4. The first-order valence-corrected chi connectivity index (χ1v) is 50.5. The molecule has 2 nitrogen and oxygen atoms in total. The van der Waals surface area contributed by atoms with E-state index in [-0.39, 0.29) is 32.5 Å². The summed E-state index contributed by atoms with van der Waals surface area (Å²) in [5.74, 6) is 0. The number of fused-ring (bicyclic) bond motifs is 2. The van der Waals surface area contributed by atoms with Crippen molar-refractivity contribution in [2.75, 3.05) is 9.80 Å². The minimum Gasteiger partial charge on any atom is -0.309 e. The Bertz CT molecular complexity index is 3630. The van der Waals surface area contributed by atoms with Gasteiger partial charge in [0.25, 0.3) is 0 Å². The maximum absolute atomic E-state index is 2.90. The Labute approximate surface area is 646 Å². The topological polar surface area (TPSA) is 6.48 Å². The van der Waals surface area contributed by atoms with Crippen molar-refractivity contribution in [1.82, 2.24) is 0 Å². The molecule has 0 saturated heterocycles. The molecular formula is C98H156N2Si4. The van der Waals surface area contributed by atoms with E-state index in [1.807, 2.05) is 0 Å². The highest BCUT2D eigenvalue weighted by atomic mass is 28.3. The van der Waals surface area contributed by atoms with Gasteiger partial charge in [-0.15, -0.1) is 0 Å². The Morgan fingerprint density at radius 1 is 0.192 bits per heavy atom. The lowest BCUT2D eigenvalue weighted by Gasteiger charge is -2.48. The first kappa shape index (κ1) is 86.8. The molecule has 0 spiro atoms. The van der Waals surface area contributed by atoms with Crippen LogP contribution in [0.3, 0.4) is 0 Å². The van der Waals surface area contributed by atoms with Crippen molar-refractivity contribution >= 4 is 109 Å². The normalized spacial score (nSPS) is 14.1. The Hall–Kier alpha value is -4.47. The van der Waals surface area contributed by atoms with Gasteiger partial charge in [-0.25, -0.2) is 0 Å². The van der Waals surface area contributed by atoms with Gasteiger partial charge in [-0.05, 0) is 193 Å². The van der Waals surface area contributed by atoms with Crippen molar-refractivity contribution in [1.29, 1.82) is 0 Å². The molecule has 0 amide bonds. The highest BCUT2D eigenvalue weighted by Crippen LogP contribution is 2.56. The third-order valence-corrected chi connectivity index (χ3v) is 55.0. The van der Waals surface area contributed by atoms with Crippen molar-refractivity contribution in [2.24, 2.45) is 0 Å². The van der Waals surface area contributed by atoms with Crippen LogP contribution in [0.4, 0.5) is 34.1 Å². The summed E-state index contributed by atoms with van der Waals surface area (Å²) in [6, 6.07) is 48.3. The third kappa shape index (κ3) is 15.6. The standard InChI is InChI=1S/C98H156N2Si4/c1-61(2)101(62(3)4,63(5)6)83-55-81(56-84(59-83)102(64(7)8,65(9)10)66(11)12)99(79-49-75(95(31,32)33)47-76(50-79)96(34,35)36)91-87-45-43-74(94(28,29)30)54-90(87)92(88-46-44-73(53-89(88)91)93(25,26)27)100(80-51-77(97(37,38)39)48-78(52-80)98(40,41)42)82-57-85(103(67(13)14,68(15)16)69(17)18)60-86(58-82)104(70(19)20,71(21)22)72(23)24/h43-72H,1-42H3. The quantitative estimate of drug-likeness (QED) is 0.0379. The summed E-state index contributed by atoms with van der Waals surface area (Å²) < 4.78 is 0. The van der Waals surface area contributed by atoms with Gasteiger partial charge < -0.3 is 9.80 Å². The van der Waals surface area contributed by atoms with E-state index >= 15 is 0 Å². The molecule has 0 aliphatic heterocycles. The van der Waals surface area contributed by atoms with Gasteiger partial charge in [0.15, 0.2) is 0 Å². The largest absolute Gasteiger partial charge is 0.309 e. The molecule has 0 aliphatic rings. The van der Waals surface area contributed by atoms with Gasteiger partial charge in [0, 0.05) is 44.3 Å². The lowest BCUT2D eigenvalue weighted by molar-refractivity contribution is 0.568. The number of benzene rings is 7. The van der Waals surface area contributed by atoms with Crippen LogP contribution in [-0.4, -0.2) is 32.3 Å². The van der Waals surface area contributed by atoms with Crippen LogP contribution in [-0.2, 0) is 32.5 Å². The summed E-state index contributed by atoms with van der Waals surface area (Å²) in [5.41, 5.74) is 21.1. The van der Waals surface area contributed by atoms with E-state index in [1.54, 1.807) is 20.7 Å². The summed E-state index contributed by atoms with van der Waals surface area (Å²) in [5, 5.41) is 11.7. The van der Waals surface area contributed by atoms with Gasteiger partial charge in [-0.3, -0.25) is 0 Å². The lowest BCUT2D eigenvalue weighted by Crippen LogP contribution is -2.60. The monoisotopic (exact) mass is 1470 g/mol. The van der Waals surface area contributed by atoms with Crippen LogP contribution in [0.25, 0.3) is 21.5 Å². The van der Waals surface area contributed by atoms with Gasteiger partial charge in [-0.1, -0.05) is 360 Å². The molecule has 0 fully saturated rings. The first-order chi connectivity index (χ1) is 47.3. The SMILES string of the molecule is CC(C)[Si](c1cc(N(c2cc(C(C)(C)C)cc(C(C)(C)C)c2)c2c3ccc(C(C)(C)C)cc3c(N(c3cc(C(C)(C)C)cc(C(C)(C)C)c3)c3cc([Si](C(C)C)(C(C)C)C(C)C)cc([Si](C(C)C)(C(C)C)C(C)C)c3)c3ccc(C(C)(C)C)cc23)cc([Si](C(C)C)(C(C)C)C(C)C)c1)(C(C)C)C(C)C. The van der Waals surface area contributed by atoms with Crippen LogP contribution in [0.15, 0.2) is 109 Å². The van der Waals surface area contributed by atoms with Crippen LogP contribution in [0.5, 0.6) is 0 Å². The highest BCUT2D eigenvalue weighted by Gasteiger charge is 2.51. The second-order valence-corrected chi connectivity index (χ2v) is 66.7. The molecule has 0 atom stereocenters. The lowest BCUT2D eigenvalue weighted by atomic mass is 9.79. The number of rotatable bonds is 22. The highest BCUT2D eigenvalue weighted by molar-refractivity contribution is 6.99. The fourth-order valence-corrected chi connectivity index (χ4v) is 49.6. The van der Waals surface area contributed by atoms with E-state index in [0.29, 0.717) is 66.5 Å². The third-order valence-electron chi connectivity index (χ3n) is 26.9. The summed E-state index contributed by atoms with van der Waals surface area (Å²) >= 11 is 0. The summed E-state index contributed by atoms with van der Waals surface area (Å²) in [7, 11) is -9.48. The van der Waals surface area contributed by atoms with Crippen molar-refractivity contribution in [3.63, 3.8) is 0 Å². The molecule has 574 valence electrons. The van der Waals surface area contributed by atoms with Gasteiger partial charge in [0.05, 0.1) is 43.7 Å².